The van der Waals surface area contributed by atoms with Gasteiger partial charge in [-0.1, -0.05) is 28.6 Å². The van der Waals surface area contributed by atoms with Gasteiger partial charge >= 0.3 is 5.97 Å². The lowest BCUT2D eigenvalue weighted by Crippen LogP contribution is -2.05. The van der Waals surface area contributed by atoms with Gasteiger partial charge in [0.1, 0.15) is 12.4 Å². The Hall–Kier alpha value is -1.16. The topological polar surface area (TPSA) is 26.3 Å². The Kier molecular flexibility index (Phi) is 4.03. The number of halogens is 2. The van der Waals surface area contributed by atoms with Gasteiger partial charge < -0.3 is 4.74 Å². The molecule has 0 N–H and O–H groups in total. The van der Waals surface area contributed by atoms with Gasteiger partial charge in [0, 0.05) is 15.6 Å². The molecular formula is C11H10BrFO2. The Morgan fingerprint density at radius 3 is 2.80 bits per heavy atom. The number of esters is 1. The van der Waals surface area contributed by atoms with E-state index in [1.54, 1.807) is 19.1 Å². The summed E-state index contributed by atoms with van der Waals surface area (Å²) in [5, 5.41) is 0. The summed E-state index contributed by atoms with van der Waals surface area (Å²) >= 11 is 3.14. The van der Waals surface area contributed by atoms with Crippen LogP contribution in [-0.2, 0) is 16.1 Å². The van der Waals surface area contributed by atoms with Crippen LogP contribution in [0.1, 0.15) is 12.5 Å². The molecule has 0 aromatic heterocycles. The molecule has 0 atom stereocenters. The third-order valence-electron chi connectivity index (χ3n) is 1.72. The highest BCUT2D eigenvalue weighted by Crippen LogP contribution is 2.16. The standard InChI is InChI=1S/C11H10BrFO2/c1-7(2)11(14)15-6-8-3-4-9(12)5-10(8)13/h3-5H,1,6H2,2H3. The van der Waals surface area contributed by atoms with Crippen molar-refractivity contribution in [2.45, 2.75) is 13.5 Å². The fourth-order valence-corrected chi connectivity index (χ4v) is 1.24. The molecule has 0 amide bonds. The minimum atomic E-state index is -0.516. The van der Waals surface area contributed by atoms with E-state index in [4.69, 9.17) is 4.74 Å². The normalized spacial score (nSPS) is 9.80. The fourth-order valence-electron chi connectivity index (χ4n) is 0.905. The van der Waals surface area contributed by atoms with E-state index in [2.05, 4.69) is 22.5 Å². The van der Waals surface area contributed by atoms with Gasteiger partial charge in [0.2, 0.25) is 0 Å². The summed E-state index contributed by atoms with van der Waals surface area (Å²) in [6.45, 7) is 4.89. The Morgan fingerprint density at radius 2 is 2.27 bits per heavy atom. The largest absolute Gasteiger partial charge is 0.457 e. The number of ether oxygens (including phenoxy) is 1. The first-order chi connectivity index (χ1) is 7.00. The van der Waals surface area contributed by atoms with Crippen molar-refractivity contribution >= 4 is 21.9 Å². The maximum atomic E-state index is 13.3. The van der Waals surface area contributed by atoms with Crippen molar-refractivity contribution in [2.75, 3.05) is 0 Å². The van der Waals surface area contributed by atoms with Crippen LogP contribution >= 0.6 is 15.9 Å². The average Bonchev–Trinajstić information content (AvgIpc) is 2.15. The van der Waals surface area contributed by atoms with E-state index in [0.29, 0.717) is 15.6 Å². The molecule has 15 heavy (non-hydrogen) atoms. The summed E-state index contributed by atoms with van der Waals surface area (Å²) < 4.78 is 18.7. The zero-order valence-corrected chi connectivity index (χ0v) is 9.80. The summed E-state index contributed by atoms with van der Waals surface area (Å²) in [6.07, 6.45) is 0. The number of hydrogen-bond donors (Lipinski definition) is 0. The fraction of sp³-hybridized carbons (Fsp3) is 0.182. The molecule has 0 bridgehead atoms. The van der Waals surface area contributed by atoms with Crippen molar-refractivity contribution in [3.05, 3.63) is 46.2 Å². The van der Waals surface area contributed by atoms with Crippen LogP contribution in [-0.4, -0.2) is 5.97 Å². The molecule has 1 aromatic carbocycles. The number of hydrogen-bond acceptors (Lipinski definition) is 2. The Balaban J connectivity index is 2.66. The quantitative estimate of drug-likeness (QED) is 0.624. The molecule has 1 aromatic rings. The van der Waals surface area contributed by atoms with Crippen LogP contribution < -0.4 is 0 Å². The minimum Gasteiger partial charge on any atom is -0.457 e. The molecule has 0 saturated carbocycles. The van der Waals surface area contributed by atoms with Gasteiger partial charge in [-0.25, -0.2) is 9.18 Å². The van der Waals surface area contributed by atoms with Crippen molar-refractivity contribution < 1.29 is 13.9 Å². The van der Waals surface area contributed by atoms with Crippen molar-refractivity contribution in [1.29, 1.82) is 0 Å². The highest BCUT2D eigenvalue weighted by Gasteiger charge is 2.07. The van der Waals surface area contributed by atoms with Crippen molar-refractivity contribution in [3.8, 4) is 0 Å². The van der Waals surface area contributed by atoms with Crippen LogP contribution in [0.25, 0.3) is 0 Å². The molecule has 0 unspecified atom stereocenters. The predicted molar refractivity (Wildman–Crippen MR) is 58.7 cm³/mol. The second-order valence-electron chi connectivity index (χ2n) is 3.09. The first-order valence-electron chi connectivity index (χ1n) is 4.27. The molecule has 80 valence electrons. The Morgan fingerprint density at radius 1 is 1.60 bits per heavy atom. The summed E-state index contributed by atoms with van der Waals surface area (Å²) in [6, 6.07) is 4.57. The van der Waals surface area contributed by atoms with Crippen molar-refractivity contribution in [1.82, 2.24) is 0 Å². The first kappa shape index (κ1) is 11.9. The highest BCUT2D eigenvalue weighted by atomic mass is 79.9. The van der Waals surface area contributed by atoms with E-state index in [1.807, 2.05) is 0 Å². The lowest BCUT2D eigenvalue weighted by atomic mass is 10.2. The van der Waals surface area contributed by atoms with E-state index in [9.17, 15) is 9.18 Å². The van der Waals surface area contributed by atoms with E-state index >= 15 is 0 Å². The van der Waals surface area contributed by atoms with Crippen molar-refractivity contribution in [3.63, 3.8) is 0 Å². The number of carbonyl (C=O) groups is 1. The number of benzene rings is 1. The SMILES string of the molecule is C=C(C)C(=O)OCc1ccc(Br)cc1F. The van der Waals surface area contributed by atoms with Crippen LogP contribution in [0.15, 0.2) is 34.8 Å². The molecule has 0 aliphatic rings. The molecule has 0 heterocycles. The molecular weight excluding hydrogens is 263 g/mol. The van der Waals surface area contributed by atoms with E-state index in [0.717, 1.165) is 0 Å². The van der Waals surface area contributed by atoms with Crippen LogP contribution in [0.2, 0.25) is 0 Å². The Bertz CT molecular complexity index is 402. The van der Waals surface area contributed by atoms with Gasteiger partial charge in [-0.05, 0) is 19.1 Å². The molecule has 0 fully saturated rings. The van der Waals surface area contributed by atoms with Gasteiger partial charge in [-0.15, -0.1) is 0 Å². The molecule has 2 nitrogen and oxygen atoms in total. The van der Waals surface area contributed by atoms with Gasteiger partial charge in [0.15, 0.2) is 0 Å². The van der Waals surface area contributed by atoms with Crippen molar-refractivity contribution in [2.24, 2.45) is 0 Å². The van der Waals surface area contributed by atoms with E-state index < -0.39 is 11.8 Å². The van der Waals surface area contributed by atoms with E-state index in [-0.39, 0.29) is 6.61 Å². The lowest BCUT2D eigenvalue weighted by Gasteiger charge is -2.05. The summed E-state index contributed by atoms with van der Waals surface area (Å²) in [7, 11) is 0. The minimum absolute atomic E-state index is 0.0786. The molecule has 0 aliphatic heterocycles. The van der Waals surface area contributed by atoms with Crippen LogP contribution in [0.4, 0.5) is 4.39 Å². The second kappa shape index (κ2) is 5.07. The number of rotatable bonds is 3. The maximum absolute atomic E-state index is 13.3. The predicted octanol–water partition coefficient (Wildman–Crippen LogP) is 3.21. The second-order valence-corrected chi connectivity index (χ2v) is 4.01. The highest BCUT2D eigenvalue weighted by molar-refractivity contribution is 9.10. The molecule has 0 radical (unpaired) electrons. The first-order valence-corrected chi connectivity index (χ1v) is 5.06. The third kappa shape index (κ3) is 3.47. The average molecular weight is 273 g/mol. The smallest absolute Gasteiger partial charge is 0.333 e. The Labute approximate surface area is 95.9 Å². The van der Waals surface area contributed by atoms with Gasteiger partial charge in [-0.2, -0.15) is 0 Å². The van der Waals surface area contributed by atoms with Crippen LogP contribution in [0.3, 0.4) is 0 Å². The maximum Gasteiger partial charge on any atom is 0.333 e. The summed E-state index contributed by atoms with van der Waals surface area (Å²) in [5.41, 5.74) is 0.639. The van der Waals surface area contributed by atoms with Gasteiger partial charge in [-0.3, -0.25) is 0 Å². The molecule has 0 aliphatic carbocycles. The molecule has 1 rings (SSSR count). The summed E-state index contributed by atoms with van der Waals surface area (Å²) in [4.78, 5) is 11.0. The monoisotopic (exact) mass is 272 g/mol. The third-order valence-corrected chi connectivity index (χ3v) is 2.22. The molecule has 0 saturated heterocycles. The van der Waals surface area contributed by atoms with Gasteiger partial charge in [0.25, 0.3) is 0 Å². The van der Waals surface area contributed by atoms with E-state index in [1.165, 1.54) is 6.07 Å². The lowest BCUT2D eigenvalue weighted by molar-refractivity contribution is -0.140. The molecule has 0 spiro atoms. The van der Waals surface area contributed by atoms with Crippen LogP contribution in [0.5, 0.6) is 0 Å². The summed E-state index contributed by atoms with van der Waals surface area (Å²) in [5.74, 6) is -0.920. The molecule has 4 heteroatoms. The van der Waals surface area contributed by atoms with Gasteiger partial charge in [0.05, 0.1) is 0 Å². The number of carbonyl (C=O) groups excluding carboxylic acids is 1. The zero-order valence-electron chi connectivity index (χ0n) is 8.22. The van der Waals surface area contributed by atoms with Crippen LogP contribution in [0, 0.1) is 5.82 Å². The zero-order chi connectivity index (χ0) is 11.4.